The first kappa shape index (κ1) is 20.2. The predicted molar refractivity (Wildman–Crippen MR) is 114 cm³/mol. The van der Waals surface area contributed by atoms with Gasteiger partial charge in [0, 0.05) is 57.8 Å². The molecule has 0 bridgehead atoms. The number of amides is 3. The van der Waals surface area contributed by atoms with Gasteiger partial charge in [-0.15, -0.1) is 0 Å². The van der Waals surface area contributed by atoms with Crippen LogP contribution in [-0.2, 0) is 11.2 Å². The Balaban J connectivity index is 1.19. The van der Waals surface area contributed by atoms with Crippen molar-refractivity contribution in [2.45, 2.75) is 57.0 Å². The Kier molecular flexibility index (Phi) is 6.70. The summed E-state index contributed by atoms with van der Waals surface area (Å²) in [5.41, 5.74) is 1.20. The molecule has 158 valence electrons. The molecule has 0 atom stereocenters. The van der Waals surface area contributed by atoms with Gasteiger partial charge in [-0.05, 0) is 44.1 Å². The molecule has 3 fully saturated rings. The molecule has 2 saturated heterocycles. The van der Waals surface area contributed by atoms with E-state index in [0.29, 0.717) is 25.6 Å². The number of urea groups is 1. The summed E-state index contributed by atoms with van der Waals surface area (Å²) in [7, 11) is 0. The van der Waals surface area contributed by atoms with E-state index >= 15 is 0 Å². The van der Waals surface area contributed by atoms with Crippen molar-refractivity contribution in [2.75, 3.05) is 39.3 Å². The molecule has 6 nitrogen and oxygen atoms in total. The Labute approximate surface area is 174 Å². The van der Waals surface area contributed by atoms with Crippen LogP contribution in [-0.4, -0.2) is 78.0 Å². The quantitative estimate of drug-likeness (QED) is 0.829. The Bertz CT molecular complexity index is 683. The zero-order valence-electron chi connectivity index (χ0n) is 17.4. The van der Waals surface area contributed by atoms with Crippen molar-refractivity contribution in [2.24, 2.45) is 0 Å². The SMILES string of the molecule is O=C(CCc1ccccc1)N1CCCN(C(=O)NC2CCN(C3CC3)CC2)CC1. The Hall–Kier alpha value is -2.08. The molecule has 1 aromatic carbocycles. The highest BCUT2D eigenvalue weighted by Gasteiger charge is 2.32. The maximum Gasteiger partial charge on any atom is 0.317 e. The standard InChI is InChI=1S/C23H34N4O2/c28-22(10-7-19-5-2-1-3-6-19)26-13-4-14-27(18-17-26)23(29)24-20-11-15-25(16-12-20)21-8-9-21/h1-3,5-6,20-21H,4,7-18H2,(H,24,29). The van der Waals surface area contributed by atoms with Crippen LogP contribution in [0.5, 0.6) is 0 Å². The third-order valence-corrected chi connectivity index (χ3v) is 6.53. The van der Waals surface area contributed by atoms with Crippen LogP contribution in [0.3, 0.4) is 0 Å². The third-order valence-electron chi connectivity index (χ3n) is 6.53. The fourth-order valence-corrected chi connectivity index (χ4v) is 4.54. The molecule has 3 aliphatic rings. The molecule has 6 heteroatoms. The highest BCUT2D eigenvalue weighted by Crippen LogP contribution is 2.29. The lowest BCUT2D eigenvalue weighted by atomic mass is 10.1. The van der Waals surface area contributed by atoms with Crippen LogP contribution in [0.25, 0.3) is 0 Å². The first-order valence-corrected chi connectivity index (χ1v) is 11.3. The molecule has 2 aliphatic heterocycles. The average Bonchev–Trinajstić information content (AvgIpc) is 3.60. The molecular weight excluding hydrogens is 364 g/mol. The summed E-state index contributed by atoms with van der Waals surface area (Å²) in [5, 5.41) is 3.24. The van der Waals surface area contributed by atoms with Gasteiger partial charge in [0.1, 0.15) is 0 Å². The number of carbonyl (C=O) groups excluding carboxylic acids is 2. The third kappa shape index (κ3) is 5.72. The Morgan fingerprint density at radius 1 is 0.862 bits per heavy atom. The smallest absolute Gasteiger partial charge is 0.317 e. The van der Waals surface area contributed by atoms with E-state index in [4.69, 9.17) is 0 Å². The molecule has 29 heavy (non-hydrogen) atoms. The number of carbonyl (C=O) groups is 2. The molecule has 1 saturated carbocycles. The number of hydrogen-bond acceptors (Lipinski definition) is 3. The molecule has 4 rings (SSSR count). The van der Waals surface area contributed by atoms with Gasteiger partial charge >= 0.3 is 6.03 Å². The molecule has 1 aliphatic carbocycles. The molecule has 1 aromatic rings. The Morgan fingerprint density at radius 3 is 2.28 bits per heavy atom. The van der Waals surface area contributed by atoms with Gasteiger partial charge in [-0.1, -0.05) is 30.3 Å². The molecule has 0 spiro atoms. The van der Waals surface area contributed by atoms with Gasteiger partial charge in [-0.2, -0.15) is 0 Å². The highest BCUT2D eigenvalue weighted by atomic mass is 16.2. The fourth-order valence-electron chi connectivity index (χ4n) is 4.54. The zero-order valence-corrected chi connectivity index (χ0v) is 17.4. The van der Waals surface area contributed by atoms with Gasteiger partial charge in [0.2, 0.25) is 5.91 Å². The van der Waals surface area contributed by atoms with Crippen molar-refractivity contribution in [1.29, 1.82) is 0 Å². The lowest BCUT2D eigenvalue weighted by Gasteiger charge is -2.33. The summed E-state index contributed by atoms with van der Waals surface area (Å²) in [6.45, 7) is 4.97. The largest absolute Gasteiger partial charge is 0.341 e. The van der Waals surface area contributed by atoms with Crippen LogP contribution in [0.4, 0.5) is 4.79 Å². The van der Waals surface area contributed by atoms with Gasteiger partial charge in [0.05, 0.1) is 0 Å². The number of rotatable bonds is 5. The van der Waals surface area contributed by atoms with E-state index in [-0.39, 0.29) is 11.9 Å². The van der Waals surface area contributed by atoms with E-state index in [9.17, 15) is 9.59 Å². The van der Waals surface area contributed by atoms with Gasteiger partial charge in [0.25, 0.3) is 0 Å². The fraction of sp³-hybridized carbons (Fsp3) is 0.652. The normalized spacial score (nSPS) is 21.7. The summed E-state index contributed by atoms with van der Waals surface area (Å²) in [6.07, 6.45) is 6.98. The maximum absolute atomic E-state index is 12.7. The molecule has 0 unspecified atom stereocenters. The molecule has 0 radical (unpaired) electrons. The zero-order chi connectivity index (χ0) is 20.1. The maximum atomic E-state index is 12.7. The van der Waals surface area contributed by atoms with E-state index < -0.39 is 0 Å². The summed E-state index contributed by atoms with van der Waals surface area (Å²) in [6, 6.07) is 11.3. The van der Waals surface area contributed by atoms with Gasteiger partial charge in [0.15, 0.2) is 0 Å². The molecular formula is C23H34N4O2. The number of benzene rings is 1. The minimum absolute atomic E-state index is 0.0495. The minimum atomic E-state index is 0.0495. The van der Waals surface area contributed by atoms with E-state index in [1.165, 1.54) is 18.4 Å². The lowest BCUT2D eigenvalue weighted by Crippen LogP contribution is -2.50. The monoisotopic (exact) mass is 398 g/mol. The Morgan fingerprint density at radius 2 is 1.55 bits per heavy atom. The molecule has 2 heterocycles. The van der Waals surface area contributed by atoms with E-state index in [1.807, 2.05) is 28.0 Å². The van der Waals surface area contributed by atoms with E-state index in [2.05, 4.69) is 22.3 Å². The number of nitrogens with one attached hydrogen (secondary N) is 1. The predicted octanol–water partition coefficient (Wildman–Crippen LogP) is 2.49. The summed E-state index contributed by atoms with van der Waals surface area (Å²) >= 11 is 0. The number of hydrogen-bond donors (Lipinski definition) is 1. The number of nitrogens with zero attached hydrogens (tertiary/aromatic N) is 3. The van der Waals surface area contributed by atoms with Gasteiger partial charge in [-0.25, -0.2) is 4.79 Å². The van der Waals surface area contributed by atoms with E-state index in [0.717, 1.165) is 57.9 Å². The van der Waals surface area contributed by atoms with Crippen molar-refractivity contribution < 1.29 is 9.59 Å². The van der Waals surface area contributed by atoms with Crippen LogP contribution < -0.4 is 5.32 Å². The highest BCUT2D eigenvalue weighted by molar-refractivity contribution is 5.77. The molecule has 1 N–H and O–H groups in total. The summed E-state index contributed by atoms with van der Waals surface area (Å²) < 4.78 is 0. The topological polar surface area (TPSA) is 55.9 Å². The lowest BCUT2D eigenvalue weighted by molar-refractivity contribution is -0.131. The molecule has 3 amide bonds. The van der Waals surface area contributed by atoms with Gasteiger partial charge < -0.3 is 20.0 Å². The molecule has 0 aromatic heterocycles. The van der Waals surface area contributed by atoms with Crippen molar-refractivity contribution in [3.8, 4) is 0 Å². The van der Waals surface area contributed by atoms with Crippen LogP contribution in [0.2, 0.25) is 0 Å². The summed E-state index contributed by atoms with van der Waals surface area (Å²) in [4.78, 5) is 31.8. The van der Waals surface area contributed by atoms with Crippen molar-refractivity contribution >= 4 is 11.9 Å². The van der Waals surface area contributed by atoms with E-state index in [1.54, 1.807) is 0 Å². The van der Waals surface area contributed by atoms with Crippen LogP contribution in [0, 0.1) is 0 Å². The number of likely N-dealkylation sites (tertiary alicyclic amines) is 1. The average molecular weight is 399 g/mol. The summed E-state index contributed by atoms with van der Waals surface area (Å²) in [5.74, 6) is 0.198. The first-order valence-electron chi connectivity index (χ1n) is 11.3. The van der Waals surface area contributed by atoms with Gasteiger partial charge in [-0.3, -0.25) is 4.79 Å². The van der Waals surface area contributed by atoms with Crippen LogP contribution in [0.1, 0.15) is 44.1 Å². The second-order valence-electron chi connectivity index (χ2n) is 8.70. The second-order valence-corrected chi connectivity index (χ2v) is 8.70. The number of piperidine rings is 1. The van der Waals surface area contributed by atoms with Crippen molar-refractivity contribution in [1.82, 2.24) is 20.0 Å². The van der Waals surface area contributed by atoms with Crippen molar-refractivity contribution in [3.63, 3.8) is 0 Å². The van der Waals surface area contributed by atoms with Crippen molar-refractivity contribution in [3.05, 3.63) is 35.9 Å². The van der Waals surface area contributed by atoms with Crippen LogP contribution in [0.15, 0.2) is 30.3 Å². The minimum Gasteiger partial charge on any atom is -0.341 e. The first-order chi connectivity index (χ1) is 14.2. The second kappa shape index (κ2) is 9.61. The number of aryl methyl sites for hydroxylation is 1. The van der Waals surface area contributed by atoms with Crippen LogP contribution >= 0.6 is 0 Å².